The van der Waals surface area contributed by atoms with Crippen molar-refractivity contribution >= 4 is 23.3 Å². The van der Waals surface area contributed by atoms with Crippen molar-refractivity contribution in [1.29, 1.82) is 0 Å². The number of aromatic nitrogens is 2. The highest BCUT2D eigenvalue weighted by atomic mass is 35.5. The van der Waals surface area contributed by atoms with Gasteiger partial charge in [0, 0.05) is 35.5 Å². The molecule has 4 heteroatoms. The van der Waals surface area contributed by atoms with Gasteiger partial charge >= 0.3 is 0 Å². The number of nitrogens with two attached hydrogens (primary N) is 1. The lowest BCUT2D eigenvalue weighted by Crippen LogP contribution is -2.11. The van der Waals surface area contributed by atoms with Gasteiger partial charge in [0.05, 0.1) is 5.52 Å². The van der Waals surface area contributed by atoms with Gasteiger partial charge in [-0.15, -0.1) is 12.4 Å². The zero-order valence-electron chi connectivity index (χ0n) is 11.6. The second kappa shape index (κ2) is 5.55. The van der Waals surface area contributed by atoms with E-state index in [0.717, 1.165) is 23.0 Å². The zero-order chi connectivity index (χ0) is 13.4. The van der Waals surface area contributed by atoms with Crippen molar-refractivity contribution in [1.82, 2.24) is 9.66 Å². The summed E-state index contributed by atoms with van der Waals surface area (Å²) in [5.74, 6) is 6.18. The van der Waals surface area contributed by atoms with E-state index >= 15 is 0 Å². The second-order valence-corrected chi connectivity index (χ2v) is 4.94. The molecule has 0 unspecified atom stereocenters. The van der Waals surface area contributed by atoms with E-state index in [0.29, 0.717) is 0 Å². The van der Waals surface area contributed by atoms with Crippen molar-refractivity contribution in [2.45, 2.75) is 20.3 Å². The predicted molar refractivity (Wildman–Crippen MR) is 85.9 cm³/mol. The fourth-order valence-corrected chi connectivity index (χ4v) is 2.54. The quantitative estimate of drug-likeness (QED) is 0.734. The summed E-state index contributed by atoms with van der Waals surface area (Å²) in [7, 11) is 0. The monoisotopic (exact) mass is 287 g/mol. The molecule has 2 aromatic heterocycles. The molecule has 0 aliphatic carbocycles. The average molecular weight is 288 g/mol. The van der Waals surface area contributed by atoms with E-state index in [2.05, 4.69) is 36.2 Å². The molecule has 0 bridgehead atoms. The molecule has 2 N–H and O–H groups in total. The van der Waals surface area contributed by atoms with Crippen LogP contribution in [0.5, 0.6) is 0 Å². The minimum Gasteiger partial charge on any atom is -0.339 e. The lowest BCUT2D eigenvalue weighted by molar-refractivity contribution is 0.976. The van der Waals surface area contributed by atoms with Crippen molar-refractivity contribution in [3.05, 3.63) is 65.1 Å². The molecule has 0 fully saturated rings. The van der Waals surface area contributed by atoms with Gasteiger partial charge in [-0.3, -0.25) is 9.66 Å². The molecular formula is C16H18ClN3. The van der Waals surface area contributed by atoms with Gasteiger partial charge in [0.25, 0.3) is 0 Å². The Bertz CT molecular complexity index is 732. The lowest BCUT2D eigenvalue weighted by Gasteiger charge is -2.06. The Hall–Kier alpha value is -2.00. The summed E-state index contributed by atoms with van der Waals surface area (Å²) in [5, 5.41) is 1.15. The van der Waals surface area contributed by atoms with Crippen LogP contribution in [-0.4, -0.2) is 9.66 Å². The molecule has 0 spiro atoms. The number of fused-ring (bicyclic) bond motifs is 1. The standard InChI is InChI=1S/C16H17N3.ClH/c1-11-12(2)19(17)16-14(9-18-10-15(11)16)8-13-6-4-3-5-7-13;/h3-7,9-10H,8,17H2,1-2H3;1H. The van der Waals surface area contributed by atoms with Gasteiger partial charge in [-0.2, -0.15) is 0 Å². The molecule has 0 atom stereocenters. The predicted octanol–water partition coefficient (Wildman–Crippen LogP) is 3.38. The van der Waals surface area contributed by atoms with Crippen LogP contribution in [0.25, 0.3) is 10.9 Å². The number of nitrogens with zero attached hydrogens (tertiary/aromatic N) is 2. The summed E-state index contributed by atoms with van der Waals surface area (Å²) in [4.78, 5) is 4.36. The molecule has 104 valence electrons. The fraction of sp³-hybridized carbons (Fsp3) is 0.188. The minimum atomic E-state index is 0. The van der Waals surface area contributed by atoms with Gasteiger partial charge in [-0.25, -0.2) is 0 Å². The molecular weight excluding hydrogens is 270 g/mol. The van der Waals surface area contributed by atoms with E-state index in [4.69, 9.17) is 5.84 Å². The molecule has 3 rings (SSSR count). The molecule has 0 aliphatic heterocycles. The Morgan fingerprint density at radius 2 is 1.80 bits per heavy atom. The van der Waals surface area contributed by atoms with Crippen molar-refractivity contribution in [2.24, 2.45) is 0 Å². The normalized spacial score (nSPS) is 10.5. The van der Waals surface area contributed by atoms with Gasteiger partial charge < -0.3 is 5.84 Å². The van der Waals surface area contributed by atoms with Gasteiger partial charge in [0.15, 0.2) is 0 Å². The zero-order valence-corrected chi connectivity index (χ0v) is 12.4. The summed E-state index contributed by atoms with van der Waals surface area (Å²) in [6.07, 6.45) is 4.67. The average Bonchev–Trinajstić information content (AvgIpc) is 2.66. The van der Waals surface area contributed by atoms with Crippen LogP contribution in [0, 0.1) is 13.8 Å². The number of aryl methyl sites for hydroxylation is 1. The van der Waals surface area contributed by atoms with Gasteiger partial charge in [-0.05, 0) is 25.0 Å². The van der Waals surface area contributed by atoms with Crippen molar-refractivity contribution in [3.63, 3.8) is 0 Å². The summed E-state index contributed by atoms with van der Waals surface area (Å²) >= 11 is 0. The third-order valence-electron chi connectivity index (χ3n) is 3.78. The molecule has 2 heterocycles. The number of hydrogen-bond acceptors (Lipinski definition) is 2. The Morgan fingerprint density at radius 3 is 2.50 bits per heavy atom. The number of halogens is 1. The number of nitrogen functional groups attached to an aromatic ring is 1. The highest BCUT2D eigenvalue weighted by molar-refractivity contribution is 5.87. The van der Waals surface area contributed by atoms with Crippen LogP contribution in [0.1, 0.15) is 22.4 Å². The summed E-state index contributed by atoms with van der Waals surface area (Å²) in [6.45, 7) is 4.14. The van der Waals surface area contributed by atoms with Gasteiger partial charge in [0.1, 0.15) is 0 Å². The lowest BCUT2D eigenvalue weighted by atomic mass is 10.0. The van der Waals surface area contributed by atoms with Crippen LogP contribution in [0.15, 0.2) is 42.7 Å². The SMILES string of the molecule is Cc1c(C)n(N)c2c(Cc3ccccc3)cncc12.Cl. The molecule has 0 radical (unpaired) electrons. The van der Waals surface area contributed by atoms with Crippen LogP contribution in [0.2, 0.25) is 0 Å². The summed E-state index contributed by atoms with van der Waals surface area (Å²) < 4.78 is 1.78. The second-order valence-electron chi connectivity index (χ2n) is 4.94. The Kier molecular flexibility index (Phi) is 4.00. The summed E-state index contributed by atoms with van der Waals surface area (Å²) in [6, 6.07) is 10.4. The number of rotatable bonds is 2. The summed E-state index contributed by atoms with van der Waals surface area (Å²) in [5.41, 5.74) is 5.83. The number of pyridine rings is 1. The van der Waals surface area contributed by atoms with Crippen molar-refractivity contribution in [3.8, 4) is 0 Å². The fourth-order valence-electron chi connectivity index (χ4n) is 2.54. The Balaban J connectivity index is 0.00000147. The third-order valence-corrected chi connectivity index (χ3v) is 3.78. The van der Waals surface area contributed by atoms with E-state index in [-0.39, 0.29) is 12.4 Å². The van der Waals surface area contributed by atoms with Crippen LogP contribution in [0.4, 0.5) is 0 Å². The van der Waals surface area contributed by atoms with Crippen LogP contribution in [0.3, 0.4) is 0 Å². The molecule has 0 saturated heterocycles. The van der Waals surface area contributed by atoms with Crippen LogP contribution < -0.4 is 5.84 Å². The van der Waals surface area contributed by atoms with E-state index in [9.17, 15) is 0 Å². The maximum absolute atomic E-state index is 6.18. The van der Waals surface area contributed by atoms with Gasteiger partial charge in [-0.1, -0.05) is 30.3 Å². The first-order chi connectivity index (χ1) is 9.18. The minimum absolute atomic E-state index is 0. The van der Waals surface area contributed by atoms with E-state index < -0.39 is 0 Å². The maximum Gasteiger partial charge on any atom is 0.0762 e. The first-order valence-electron chi connectivity index (χ1n) is 6.42. The van der Waals surface area contributed by atoms with E-state index in [1.807, 2.05) is 25.4 Å². The smallest absolute Gasteiger partial charge is 0.0762 e. The number of benzene rings is 1. The first kappa shape index (κ1) is 14.4. The topological polar surface area (TPSA) is 43.8 Å². The highest BCUT2D eigenvalue weighted by Gasteiger charge is 2.13. The van der Waals surface area contributed by atoms with Crippen LogP contribution >= 0.6 is 12.4 Å². The maximum atomic E-state index is 6.18. The first-order valence-corrected chi connectivity index (χ1v) is 6.42. The molecule has 1 aromatic carbocycles. The molecule has 20 heavy (non-hydrogen) atoms. The van der Waals surface area contributed by atoms with Crippen LogP contribution in [-0.2, 0) is 6.42 Å². The number of hydrogen-bond donors (Lipinski definition) is 1. The highest BCUT2D eigenvalue weighted by Crippen LogP contribution is 2.26. The molecule has 3 nitrogen and oxygen atoms in total. The molecule has 3 aromatic rings. The van der Waals surface area contributed by atoms with Crippen molar-refractivity contribution < 1.29 is 0 Å². The Morgan fingerprint density at radius 1 is 1.10 bits per heavy atom. The van der Waals surface area contributed by atoms with E-state index in [1.54, 1.807) is 4.68 Å². The molecule has 0 aliphatic rings. The molecule has 0 amide bonds. The van der Waals surface area contributed by atoms with Gasteiger partial charge in [0.2, 0.25) is 0 Å². The Labute approximate surface area is 124 Å². The van der Waals surface area contributed by atoms with E-state index in [1.165, 1.54) is 16.7 Å². The largest absolute Gasteiger partial charge is 0.339 e. The third kappa shape index (κ3) is 2.25. The molecule has 0 saturated carbocycles. The van der Waals surface area contributed by atoms with Crippen molar-refractivity contribution in [2.75, 3.05) is 5.84 Å².